The summed E-state index contributed by atoms with van der Waals surface area (Å²) in [6.07, 6.45) is 5.16. The molecule has 1 aliphatic carbocycles. The van der Waals surface area contributed by atoms with Gasteiger partial charge in [-0.3, -0.25) is 0 Å². The third-order valence-electron chi connectivity index (χ3n) is 4.68. The number of fused-ring (bicyclic) bond motifs is 1. The van der Waals surface area contributed by atoms with Crippen molar-refractivity contribution in [2.24, 2.45) is 0 Å². The van der Waals surface area contributed by atoms with E-state index in [4.69, 9.17) is 0 Å². The molecule has 4 heteroatoms. The Morgan fingerprint density at radius 2 is 1.78 bits per heavy atom. The fourth-order valence-corrected chi connectivity index (χ4v) is 3.62. The smallest absolute Gasteiger partial charge is 0.123 e. The maximum Gasteiger partial charge on any atom is 0.123 e. The normalized spacial score (nSPS) is 19.7. The van der Waals surface area contributed by atoms with Crippen molar-refractivity contribution in [3.05, 3.63) is 89.0 Å². The summed E-state index contributed by atoms with van der Waals surface area (Å²) in [5.41, 5.74) is 4.31. The van der Waals surface area contributed by atoms with E-state index in [0.29, 0.717) is 0 Å². The SMILES string of the molecule is Fc1ccc(C2CC(Cc3cnc[nH]3)c3cc(F)ccc32)cc1. The summed E-state index contributed by atoms with van der Waals surface area (Å²) in [6.45, 7) is 0. The van der Waals surface area contributed by atoms with Gasteiger partial charge in [0.15, 0.2) is 0 Å². The summed E-state index contributed by atoms with van der Waals surface area (Å²) in [4.78, 5) is 7.17. The van der Waals surface area contributed by atoms with Gasteiger partial charge in [-0.15, -0.1) is 0 Å². The number of hydrogen-bond donors (Lipinski definition) is 1. The van der Waals surface area contributed by atoms with Crippen molar-refractivity contribution in [3.63, 3.8) is 0 Å². The Hall–Kier alpha value is -2.49. The molecule has 0 radical (unpaired) electrons. The highest BCUT2D eigenvalue weighted by Gasteiger charge is 2.32. The Labute approximate surface area is 133 Å². The fourth-order valence-electron chi connectivity index (χ4n) is 3.62. The summed E-state index contributed by atoms with van der Waals surface area (Å²) in [7, 11) is 0. The molecule has 0 saturated heterocycles. The first-order valence-electron chi connectivity index (χ1n) is 7.73. The number of hydrogen-bond acceptors (Lipinski definition) is 1. The molecule has 0 spiro atoms. The third-order valence-corrected chi connectivity index (χ3v) is 4.68. The second kappa shape index (κ2) is 5.61. The van der Waals surface area contributed by atoms with Crippen molar-refractivity contribution in [1.82, 2.24) is 9.97 Å². The molecule has 3 aromatic rings. The zero-order valence-electron chi connectivity index (χ0n) is 12.5. The lowest BCUT2D eigenvalue weighted by atomic mass is 9.92. The number of aromatic nitrogens is 2. The average molecular weight is 310 g/mol. The number of nitrogens with one attached hydrogen (secondary N) is 1. The van der Waals surface area contributed by atoms with Gasteiger partial charge in [-0.05, 0) is 59.7 Å². The predicted octanol–water partition coefficient (Wildman–Crippen LogP) is 4.55. The van der Waals surface area contributed by atoms with Crippen LogP contribution in [0.4, 0.5) is 8.78 Å². The van der Waals surface area contributed by atoms with Gasteiger partial charge in [0, 0.05) is 17.8 Å². The van der Waals surface area contributed by atoms with Crippen LogP contribution in [0.25, 0.3) is 0 Å². The molecule has 2 unspecified atom stereocenters. The number of rotatable bonds is 3. The van der Waals surface area contributed by atoms with Crippen LogP contribution in [0.3, 0.4) is 0 Å². The van der Waals surface area contributed by atoms with Crippen LogP contribution in [0, 0.1) is 11.6 Å². The number of imidazole rings is 1. The highest BCUT2D eigenvalue weighted by atomic mass is 19.1. The predicted molar refractivity (Wildman–Crippen MR) is 84.3 cm³/mol. The quantitative estimate of drug-likeness (QED) is 0.755. The highest BCUT2D eigenvalue weighted by Crippen LogP contribution is 2.46. The Kier molecular flexibility index (Phi) is 3.45. The lowest BCUT2D eigenvalue weighted by Gasteiger charge is -2.12. The Morgan fingerprint density at radius 1 is 1.00 bits per heavy atom. The first-order chi connectivity index (χ1) is 11.2. The van der Waals surface area contributed by atoms with Gasteiger partial charge in [-0.25, -0.2) is 13.8 Å². The van der Waals surface area contributed by atoms with E-state index >= 15 is 0 Å². The van der Waals surface area contributed by atoms with Crippen molar-refractivity contribution < 1.29 is 8.78 Å². The van der Waals surface area contributed by atoms with Crippen molar-refractivity contribution in [2.75, 3.05) is 0 Å². The summed E-state index contributed by atoms with van der Waals surface area (Å²) in [5, 5.41) is 0. The van der Waals surface area contributed by atoms with Crippen LogP contribution in [0.15, 0.2) is 55.0 Å². The van der Waals surface area contributed by atoms with Gasteiger partial charge in [0.05, 0.1) is 6.33 Å². The van der Waals surface area contributed by atoms with Crippen molar-refractivity contribution in [2.45, 2.75) is 24.7 Å². The molecule has 1 aromatic heterocycles. The van der Waals surface area contributed by atoms with Crippen LogP contribution in [-0.4, -0.2) is 9.97 Å². The van der Waals surface area contributed by atoms with E-state index in [0.717, 1.165) is 35.2 Å². The molecule has 0 aliphatic heterocycles. The summed E-state index contributed by atoms with van der Waals surface area (Å²) in [6, 6.07) is 11.6. The van der Waals surface area contributed by atoms with Gasteiger partial charge in [-0.2, -0.15) is 0 Å². The molecule has 23 heavy (non-hydrogen) atoms. The summed E-state index contributed by atoms with van der Waals surface area (Å²) >= 11 is 0. The second-order valence-corrected chi connectivity index (χ2v) is 6.09. The number of halogens is 2. The molecule has 0 saturated carbocycles. The average Bonchev–Trinajstić information content (AvgIpc) is 3.17. The van der Waals surface area contributed by atoms with Crippen LogP contribution >= 0.6 is 0 Å². The molecule has 116 valence electrons. The van der Waals surface area contributed by atoms with Crippen LogP contribution in [-0.2, 0) is 6.42 Å². The Bertz CT molecular complexity index is 810. The van der Waals surface area contributed by atoms with E-state index < -0.39 is 0 Å². The molecule has 1 N–H and O–H groups in total. The second-order valence-electron chi connectivity index (χ2n) is 6.09. The van der Waals surface area contributed by atoms with E-state index in [1.807, 2.05) is 24.4 Å². The number of benzene rings is 2. The van der Waals surface area contributed by atoms with Crippen LogP contribution in [0.5, 0.6) is 0 Å². The van der Waals surface area contributed by atoms with Crippen LogP contribution < -0.4 is 0 Å². The first-order valence-corrected chi connectivity index (χ1v) is 7.73. The lowest BCUT2D eigenvalue weighted by molar-refractivity contribution is 0.608. The minimum Gasteiger partial charge on any atom is -0.348 e. The zero-order valence-corrected chi connectivity index (χ0v) is 12.5. The number of H-pyrrole nitrogens is 1. The molecule has 2 atom stereocenters. The van der Waals surface area contributed by atoms with E-state index in [-0.39, 0.29) is 23.5 Å². The monoisotopic (exact) mass is 310 g/mol. The molecule has 2 aromatic carbocycles. The van der Waals surface area contributed by atoms with Crippen molar-refractivity contribution in [1.29, 1.82) is 0 Å². The van der Waals surface area contributed by atoms with Gasteiger partial charge in [-0.1, -0.05) is 18.2 Å². The van der Waals surface area contributed by atoms with E-state index in [1.54, 1.807) is 12.4 Å². The third kappa shape index (κ3) is 2.65. The topological polar surface area (TPSA) is 28.7 Å². The first kappa shape index (κ1) is 14.1. The molecular weight excluding hydrogens is 294 g/mol. The molecule has 0 amide bonds. The van der Waals surface area contributed by atoms with E-state index in [2.05, 4.69) is 9.97 Å². The van der Waals surface area contributed by atoms with Crippen LogP contribution in [0.1, 0.15) is 40.6 Å². The largest absolute Gasteiger partial charge is 0.348 e. The number of aromatic amines is 1. The summed E-state index contributed by atoms with van der Waals surface area (Å²) < 4.78 is 26.9. The fraction of sp³-hybridized carbons (Fsp3) is 0.211. The van der Waals surface area contributed by atoms with Crippen molar-refractivity contribution in [3.8, 4) is 0 Å². The van der Waals surface area contributed by atoms with Gasteiger partial charge < -0.3 is 4.98 Å². The molecule has 2 nitrogen and oxygen atoms in total. The standard InChI is InChI=1S/C19H16F2N2/c20-14-3-1-12(2-4-14)18-8-13(7-16-10-22-11-23-16)19-9-15(21)5-6-17(18)19/h1-6,9-11,13,18H,7-8H2,(H,22,23). The Morgan fingerprint density at radius 3 is 2.52 bits per heavy atom. The van der Waals surface area contributed by atoms with E-state index in [1.165, 1.54) is 18.2 Å². The maximum atomic E-state index is 13.7. The van der Waals surface area contributed by atoms with Gasteiger partial charge in [0.2, 0.25) is 0 Å². The van der Waals surface area contributed by atoms with Gasteiger partial charge in [0.25, 0.3) is 0 Å². The molecular formula is C19H16F2N2. The summed E-state index contributed by atoms with van der Waals surface area (Å²) in [5.74, 6) is -0.0338. The van der Waals surface area contributed by atoms with Crippen LogP contribution in [0.2, 0.25) is 0 Å². The van der Waals surface area contributed by atoms with Gasteiger partial charge in [0.1, 0.15) is 11.6 Å². The maximum absolute atomic E-state index is 13.7. The molecule has 1 heterocycles. The zero-order chi connectivity index (χ0) is 15.8. The highest BCUT2D eigenvalue weighted by molar-refractivity contribution is 5.45. The molecule has 0 fully saturated rings. The minimum absolute atomic E-state index is 0.180. The molecule has 4 rings (SSSR count). The minimum atomic E-state index is -0.236. The van der Waals surface area contributed by atoms with Gasteiger partial charge >= 0.3 is 0 Å². The lowest BCUT2D eigenvalue weighted by Crippen LogP contribution is -2.00. The van der Waals surface area contributed by atoms with E-state index in [9.17, 15) is 8.78 Å². The van der Waals surface area contributed by atoms with Crippen molar-refractivity contribution >= 4 is 0 Å². The molecule has 1 aliphatic rings. The number of nitrogens with zero attached hydrogens (tertiary/aromatic N) is 1. The molecule has 0 bridgehead atoms. The Balaban J connectivity index is 1.72.